The van der Waals surface area contributed by atoms with E-state index in [4.69, 9.17) is 18.9 Å². The number of hydrogen-bond donors (Lipinski definition) is 2. The number of aryl methyl sites for hydroxylation is 1. The zero-order valence-corrected chi connectivity index (χ0v) is 39.4. The molecule has 3 heterocycles. The van der Waals surface area contributed by atoms with Crippen molar-refractivity contribution in [1.82, 2.24) is 35.4 Å². The summed E-state index contributed by atoms with van der Waals surface area (Å²) in [5, 5.41) is 14.2. The van der Waals surface area contributed by atoms with Crippen molar-refractivity contribution in [2.24, 2.45) is 9.98 Å². The number of hydrogen-bond acceptors (Lipinski definition) is 10. The van der Waals surface area contributed by atoms with E-state index in [0.29, 0.717) is 39.0 Å². The van der Waals surface area contributed by atoms with E-state index >= 15 is 0 Å². The number of nitrogens with one attached hydrogen (secondary N) is 2. The zero-order chi connectivity index (χ0) is 47.2. The SMILES string of the molecule is Cc1cc(C2=CCN(/C(=N/C(=O)OC(C)(C)C)NC(=O)OC(C)(C)C)CC2)ccc1-c1cn(-c2ccc(C3=CCN(/C(=N\C(=O)OC(C)(C)C)NC(=O)OC(C)(C)C)CC3)cc2)nn1. The molecule has 17 heteroatoms. The Kier molecular flexibility index (Phi) is 14.8. The fourth-order valence-corrected chi connectivity index (χ4v) is 6.63. The van der Waals surface area contributed by atoms with Gasteiger partial charge in [0.1, 0.15) is 28.1 Å². The lowest BCUT2D eigenvalue weighted by atomic mass is 9.95. The first-order valence-corrected chi connectivity index (χ1v) is 21.4. The van der Waals surface area contributed by atoms with Gasteiger partial charge in [-0.1, -0.05) is 47.7 Å². The van der Waals surface area contributed by atoms with E-state index in [2.05, 4.69) is 49.1 Å². The first kappa shape index (κ1) is 48.5. The molecule has 0 radical (unpaired) electrons. The summed E-state index contributed by atoms with van der Waals surface area (Å²) >= 11 is 0. The van der Waals surface area contributed by atoms with Crippen molar-refractivity contribution in [2.75, 3.05) is 26.2 Å². The molecule has 3 aromatic rings. The predicted octanol–water partition coefficient (Wildman–Crippen LogP) is 9.05. The second-order valence-electron chi connectivity index (χ2n) is 19.6. The van der Waals surface area contributed by atoms with Gasteiger partial charge in [0, 0.05) is 31.7 Å². The van der Waals surface area contributed by atoms with Gasteiger partial charge in [-0.05, 0) is 143 Å². The molecule has 2 aliphatic heterocycles. The molecular formula is C47H63N9O8. The van der Waals surface area contributed by atoms with Crippen molar-refractivity contribution in [1.29, 1.82) is 0 Å². The van der Waals surface area contributed by atoms with Crippen molar-refractivity contribution in [3.05, 3.63) is 77.5 Å². The maximum Gasteiger partial charge on any atom is 0.437 e. The Balaban J connectivity index is 1.24. The first-order valence-electron chi connectivity index (χ1n) is 21.4. The van der Waals surface area contributed by atoms with Crippen LogP contribution in [0.15, 0.2) is 70.8 Å². The van der Waals surface area contributed by atoms with Gasteiger partial charge in [-0.3, -0.25) is 10.6 Å². The quantitative estimate of drug-likeness (QED) is 0.144. The molecule has 4 amide bonds. The molecular weight excluding hydrogens is 819 g/mol. The molecule has 0 fully saturated rings. The number of carbonyl (C=O) groups excluding carboxylic acids is 4. The number of guanidine groups is 2. The Labute approximate surface area is 376 Å². The molecule has 344 valence electrons. The van der Waals surface area contributed by atoms with Crippen LogP contribution in [0.4, 0.5) is 19.2 Å². The van der Waals surface area contributed by atoms with Crippen LogP contribution in [0.3, 0.4) is 0 Å². The van der Waals surface area contributed by atoms with Gasteiger partial charge < -0.3 is 28.7 Å². The summed E-state index contributed by atoms with van der Waals surface area (Å²) in [5.41, 5.74) is 4.90. The third-order valence-corrected chi connectivity index (χ3v) is 9.29. The molecule has 0 unspecified atom stereocenters. The summed E-state index contributed by atoms with van der Waals surface area (Å²) in [6.07, 6.45) is 4.22. The third-order valence-electron chi connectivity index (χ3n) is 9.29. The number of carbonyl (C=O) groups is 4. The summed E-state index contributed by atoms with van der Waals surface area (Å²) in [4.78, 5) is 62.4. The molecule has 2 N–H and O–H groups in total. The van der Waals surface area contributed by atoms with Crippen LogP contribution in [-0.4, -0.2) is 110 Å². The number of aromatic nitrogens is 3. The van der Waals surface area contributed by atoms with Crippen molar-refractivity contribution in [2.45, 2.75) is 125 Å². The third kappa shape index (κ3) is 14.8. The minimum absolute atomic E-state index is 0.0623. The lowest BCUT2D eigenvalue weighted by Gasteiger charge is -2.30. The van der Waals surface area contributed by atoms with E-state index in [-0.39, 0.29) is 11.9 Å². The average Bonchev–Trinajstić information content (AvgIpc) is 3.65. The molecule has 17 nitrogen and oxygen atoms in total. The van der Waals surface area contributed by atoms with Gasteiger partial charge in [-0.15, -0.1) is 15.1 Å². The van der Waals surface area contributed by atoms with E-state index in [9.17, 15) is 19.2 Å². The van der Waals surface area contributed by atoms with E-state index < -0.39 is 46.8 Å². The van der Waals surface area contributed by atoms with Crippen LogP contribution in [0.5, 0.6) is 0 Å². The van der Waals surface area contributed by atoms with Crippen molar-refractivity contribution in [3.63, 3.8) is 0 Å². The Hall–Kier alpha value is -6.52. The molecule has 1 aromatic heterocycles. The minimum atomic E-state index is -0.810. The summed E-state index contributed by atoms with van der Waals surface area (Å²) in [6, 6.07) is 14.3. The van der Waals surface area contributed by atoms with E-state index in [0.717, 1.165) is 44.8 Å². The van der Waals surface area contributed by atoms with Crippen LogP contribution in [0.2, 0.25) is 0 Å². The Morgan fingerprint density at radius 2 is 1.05 bits per heavy atom. The number of ether oxygens (including phenoxy) is 4. The highest BCUT2D eigenvalue weighted by Gasteiger charge is 2.27. The lowest BCUT2D eigenvalue weighted by molar-refractivity contribution is 0.0536. The highest BCUT2D eigenvalue weighted by atomic mass is 16.6. The molecule has 0 aliphatic carbocycles. The number of aliphatic imine (C=N–C) groups is 2. The van der Waals surface area contributed by atoms with Gasteiger partial charge in [-0.2, -0.15) is 0 Å². The van der Waals surface area contributed by atoms with Crippen molar-refractivity contribution in [3.8, 4) is 16.9 Å². The van der Waals surface area contributed by atoms with E-state index in [1.165, 1.54) is 0 Å². The van der Waals surface area contributed by atoms with Crippen molar-refractivity contribution < 1.29 is 38.1 Å². The molecule has 2 aromatic carbocycles. The fourth-order valence-electron chi connectivity index (χ4n) is 6.63. The summed E-state index contributed by atoms with van der Waals surface area (Å²) in [7, 11) is 0. The van der Waals surface area contributed by atoms with Crippen LogP contribution in [0, 0.1) is 6.92 Å². The van der Waals surface area contributed by atoms with Crippen LogP contribution in [0.25, 0.3) is 28.1 Å². The molecule has 0 saturated heterocycles. The Morgan fingerprint density at radius 3 is 1.45 bits per heavy atom. The monoisotopic (exact) mass is 881 g/mol. The van der Waals surface area contributed by atoms with Crippen LogP contribution < -0.4 is 10.6 Å². The highest BCUT2D eigenvalue weighted by molar-refractivity contribution is 6.00. The van der Waals surface area contributed by atoms with Gasteiger partial charge in [0.25, 0.3) is 0 Å². The highest BCUT2D eigenvalue weighted by Crippen LogP contribution is 2.30. The number of rotatable bonds is 4. The number of alkyl carbamates (subject to hydrolysis) is 2. The topological polar surface area (TPSA) is 191 Å². The maximum atomic E-state index is 12.7. The van der Waals surface area contributed by atoms with Gasteiger partial charge >= 0.3 is 24.4 Å². The van der Waals surface area contributed by atoms with Gasteiger partial charge in [0.05, 0.1) is 11.9 Å². The minimum Gasteiger partial charge on any atom is -0.444 e. The van der Waals surface area contributed by atoms with Gasteiger partial charge in [0.15, 0.2) is 0 Å². The van der Waals surface area contributed by atoms with Crippen LogP contribution in [-0.2, 0) is 18.9 Å². The Morgan fingerprint density at radius 1 is 0.609 bits per heavy atom. The smallest absolute Gasteiger partial charge is 0.437 e. The number of nitrogens with zero attached hydrogens (tertiary/aromatic N) is 7. The van der Waals surface area contributed by atoms with E-state index in [1.807, 2.05) is 49.5 Å². The molecule has 0 saturated carbocycles. The van der Waals surface area contributed by atoms with Crippen LogP contribution in [0.1, 0.15) is 113 Å². The van der Waals surface area contributed by atoms with Gasteiger partial charge in [-0.25, -0.2) is 23.9 Å². The fraction of sp³-hybridized carbons (Fsp3) is 0.489. The lowest BCUT2D eigenvalue weighted by Crippen LogP contribution is -2.48. The second kappa shape index (κ2) is 19.5. The standard InChI is InChI=1S/C47H63N9O8/c1-30-28-34(33-22-26-55(27-23-33)39(50-42(59)63-46(8,9)10)51-43(60)64-47(11,12)13)16-19-36(30)37-29-56(53-52-37)35-17-14-31(15-18-35)32-20-24-54(25-21-32)38(48-40(57)61-44(2,3)4)49-41(58)62-45(5,6)7/h14-20,22,28-29H,21,23-27H2,1-13H3,(H,48,49,57,58)(H,50,51,59,60). The van der Waals surface area contributed by atoms with Crippen molar-refractivity contribution >= 4 is 47.4 Å². The molecule has 5 rings (SSSR count). The first-order chi connectivity index (χ1) is 29.7. The molecule has 64 heavy (non-hydrogen) atoms. The molecule has 0 spiro atoms. The summed E-state index contributed by atoms with van der Waals surface area (Å²) in [5.74, 6) is 0.126. The Bertz CT molecular complexity index is 2330. The zero-order valence-electron chi connectivity index (χ0n) is 39.4. The molecule has 0 atom stereocenters. The summed E-state index contributed by atoms with van der Waals surface area (Å²) in [6.45, 7) is 24.9. The number of amides is 4. The van der Waals surface area contributed by atoms with Crippen LogP contribution >= 0.6 is 0 Å². The average molecular weight is 882 g/mol. The maximum absolute atomic E-state index is 12.7. The molecule has 2 aliphatic rings. The molecule has 0 bridgehead atoms. The normalized spacial score (nSPS) is 15.5. The largest absolute Gasteiger partial charge is 0.444 e. The van der Waals surface area contributed by atoms with E-state index in [1.54, 1.807) is 97.6 Å². The predicted molar refractivity (Wildman–Crippen MR) is 246 cm³/mol. The number of benzene rings is 2. The summed E-state index contributed by atoms with van der Waals surface area (Å²) < 4.78 is 23.4. The van der Waals surface area contributed by atoms with Gasteiger partial charge in [0.2, 0.25) is 11.9 Å². The second-order valence-corrected chi connectivity index (χ2v) is 19.6.